The standard InChI is InChI=1S/C41H25N5/c1-42-33-21-17-30(18-22-33)41-39(28-13-7-3-8-14-28)44-35-24-20-32(26-37(35)46-41)31-19-23-34-36(25-31)45-40(29-15-9-4-10-16-29)38(43-34)27-11-5-2-6-12-27/h2-26H. The lowest BCUT2D eigenvalue weighted by Gasteiger charge is -2.13. The van der Waals surface area contributed by atoms with Crippen molar-refractivity contribution in [2.45, 2.75) is 0 Å². The average Bonchev–Trinajstić information content (AvgIpc) is 3.14. The first kappa shape index (κ1) is 27.1. The Bertz CT molecular complexity index is 2400. The third-order valence-corrected chi connectivity index (χ3v) is 8.07. The maximum atomic E-state index is 7.35. The summed E-state index contributed by atoms with van der Waals surface area (Å²) in [6, 6.07) is 50.5. The summed E-state index contributed by atoms with van der Waals surface area (Å²) in [7, 11) is 0. The molecule has 0 aliphatic rings. The smallest absolute Gasteiger partial charge is 0.187 e. The van der Waals surface area contributed by atoms with Gasteiger partial charge in [-0.1, -0.05) is 127 Å². The molecule has 0 bridgehead atoms. The highest BCUT2D eigenvalue weighted by Crippen LogP contribution is 2.35. The summed E-state index contributed by atoms with van der Waals surface area (Å²) in [5.74, 6) is 0. The van der Waals surface area contributed by atoms with E-state index in [2.05, 4.69) is 53.4 Å². The lowest BCUT2D eigenvalue weighted by Crippen LogP contribution is -1.97. The number of fused-ring (bicyclic) bond motifs is 2. The van der Waals surface area contributed by atoms with E-state index in [1.54, 1.807) is 0 Å². The van der Waals surface area contributed by atoms with Crippen molar-refractivity contribution in [3.05, 3.63) is 163 Å². The molecule has 46 heavy (non-hydrogen) atoms. The summed E-state index contributed by atoms with van der Waals surface area (Å²) in [5.41, 5.74) is 13.1. The molecule has 214 valence electrons. The van der Waals surface area contributed by atoms with Crippen LogP contribution in [-0.4, -0.2) is 19.9 Å². The summed E-state index contributed by atoms with van der Waals surface area (Å²) in [6.45, 7) is 7.35. The Kier molecular flexibility index (Phi) is 6.79. The Hall–Kier alpha value is -6.51. The number of rotatable bonds is 5. The Morgan fingerprint density at radius 1 is 0.326 bits per heavy atom. The molecule has 0 amide bonds. The minimum absolute atomic E-state index is 0.590. The van der Waals surface area contributed by atoms with Crippen LogP contribution < -0.4 is 0 Å². The SMILES string of the molecule is [C-]#[N+]c1ccc(-c2nc3cc(-c4ccc5nc(-c6ccccc6)c(-c6ccccc6)nc5c4)ccc3nc2-c2ccccc2)cc1. The van der Waals surface area contributed by atoms with Gasteiger partial charge in [-0.3, -0.25) is 0 Å². The predicted molar refractivity (Wildman–Crippen MR) is 186 cm³/mol. The first-order chi connectivity index (χ1) is 22.7. The largest absolute Gasteiger partial charge is 0.244 e. The van der Waals surface area contributed by atoms with Crippen LogP contribution in [-0.2, 0) is 0 Å². The van der Waals surface area contributed by atoms with Gasteiger partial charge in [-0.15, -0.1) is 0 Å². The molecule has 6 aromatic carbocycles. The van der Waals surface area contributed by atoms with E-state index in [-0.39, 0.29) is 0 Å². The van der Waals surface area contributed by atoms with Gasteiger partial charge in [-0.25, -0.2) is 24.8 Å². The van der Waals surface area contributed by atoms with Crippen LogP contribution in [0.1, 0.15) is 0 Å². The zero-order valence-corrected chi connectivity index (χ0v) is 24.7. The lowest BCUT2D eigenvalue weighted by atomic mass is 10.0. The molecule has 0 unspecified atom stereocenters. The summed E-state index contributed by atoms with van der Waals surface area (Å²) in [4.78, 5) is 24.1. The molecule has 0 atom stereocenters. The van der Waals surface area contributed by atoms with Crippen LogP contribution in [0.5, 0.6) is 0 Å². The van der Waals surface area contributed by atoms with Gasteiger partial charge < -0.3 is 0 Å². The highest BCUT2D eigenvalue weighted by atomic mass is 14.8. The van der Waals surface area contributed by atoms with Crippen LogP contribution in [0.15, 0.2) is 152 Å². The lowest BCUT2D eigenvalue weighted by molar-refractivity contribution is 1.29. The van der Waals surface area contributed by atoms with Crippen LogP contribution in [0.2, 0.25) is 0 Å². The molecule has 0 radical (unpaired) electrons. The van der Waals surface area contributed by atoms with E-state index >= 15 is 0 Å². The van der Waals surface area contributed by atoms with Crippen molar-refractivity contribution in [3.8, 4) is 56.2 Å². The van der Waals surface area contributed by atoms with E-state index < -0.39 is 0 Å². The summed E-state index contributed by atoms with van der Waals surface area (Å²) < 4.78 is 0. The summed E-state index contributed by atoms with van der Waals surface area (Å²) in [5, 5.41) is 0. The van der Waals surface area contributed by atoms with Crippen LogP contribution in [0.3, 0.4) is 0 Å². The molecule has 5 nitrogen and oxygen atoms in total. The maximum Gasteiger partial charge on any atom is 0.187 e. The van der Waals surface area contributed by atoms with Crippen LogP contribution in [0.25, 0.3) is 83.1 Å². The van der Waals surface area contributed by atoms with Crippen molar-refractivity contribution in [2.75, 3.05) is 0 Å². The molecule has 0 fully saturated rings. The summed E-state index contributed by atoms with van der Waals surface area (Å²) >= 11 is 0. The van der Waals surface area contributed by atoms with Crippen molar-refractivity contribution < 1.29 is 0 Å². The minimum Gasteiger partial charge on any atom is -0.244 e. The van der Waals surface area contributed by atoms with Gasteiger partial charge in [0.05, 0.1) is 51.4 Å². The van der Waals surface area contributed by atoms with E-state index in [0.717, 1.165) is 78.2 Å². The Labute approximate surface area is 266 Å². The van der Waals surface area contributed by atoms with Crippen LogP contribution in [0, 0.1) is 6.57 Å². The number of nitrogens with zero attached hydrogens (tertiary/aromatic N) is 5. The first-order valence-electron chi connectivity index (χ1n) is 15.0. The van der Waals surface area contributed by atoms with Crippen LogP contribution in [0.4, 0.5) is 5.69 Å². The van der Waals surface area contributed by atoms with Crippen molar-refractivity contribution in [2.24, 2.45) is 0 Å². The number of hydrogen-bond acceptors (Lipinski definition) is 4. The molecular weight excluding hydrogens is 562 g/mol. The van der Waals surface area contributed by atoms with E-state index in [1.807, 2.05) is 103 Å². The van der Waals surface area contributed by atoms with Gasteiger partial charge in [0.25, 0.3) is 0 Å². The molecule has 0 aliphatic heterocycles. The third kappa shape index (κ3) is 5.04. The molecule has 2 aromatic heterocycles. The number of benzene rings is 6. The van der Waals surface area contributed by atoms with Gasteiger partial charge >= 0.3 is 0 Å². The van der Waals surface area contributed by atoms with Gasteiger partial charge in [0.2, 0.25) is 0 Å². The van der Waals surface area contributed by atoms with Gasteiger partial charge in [0.1, 0.15) is 0 Å². The fourth-order valence-electron chi connectivity index (χ4n) is 5.75. The average molecular weight is 588 g/mol. The van der Waals surface area contributed by atoms with Gasteiger partial charge in [0.15, 0.2) is 5.69 Å². The highest BCUT2D eigenvalue weighted by molar-refractivity contribution is 5.92. The normalized spacial score (nSPS) is 11.0. The van der Waals surface area contributed by atoms with E-state index in [1.165, 1.54) is 0 Å². The van der Waals surface area contributed by atoms with Crippen LogP contribution >= 0.6 is 0 Å². The first-order valence-corrected chi connectivity index (χ1v) is 15.0. The molecule has 0 saturated carbocycles. The molecule has 0 saturated heterocycles. The van der Waals surface area contributed by atoms with Crippen molar-refractivity contribution in [1.82, 2.24) is 19.9 Å². The maximum absolute atomic E-state index is 7.35. The van der Waals surface area contributed by atoms with Gasteiger partial charge in [-0.05, 0) is 41.0 Å². The van der Waals surface area contributed by atoms with Crippen molar-refractivity contribution in [3.63, 3.8) is 0 Å². The minimum atomic E-state index is 0.590. The second kappa shape index (κ2) is 11.5. The van der Waals surface area contributed by atoms with Crippen molar-refractivity contribution in [1.29, 1.82) is 0 Å². The zero-order chi connectivity index (χ0) is 30.9. The molecule has 0 spiro atoms. The Morgan fingerprint density at radius 2 is 0.652 bits per heavy atom. The quantitative estimate of drug-likeness (QED) is 0.188. The fourth-order valence-corrected chi connectivity index (χ4v) is 5.75. The van der Waals surface area contributed by atoms with Gasteiger partial charge in [0, 0.05) is 16.7 Å². The van der Waals surface area contributed by atoms with Crippen molar-refractivity contribution >= 4 is 27.8 Å². The van der Waals surface area contributed by atoms with Gasteiger partial charge in [-0.2, -0.15) is 0 Å². The van der Waals surface area contributed by atoms with E-state index in [9.17, 15) is 0 Å². The topological polar surface area (TPSA) is 55.9 Å². The zero-order valence-electron chi connectivity index (χ0n) is 24.7. The fraction of sp³-hybridized carbons (Fsp3) is 0. The number of hydrogen-bond donors (Lipinski definition) is 0. The predicted octanol–water partition coefficient (Wildman–Crippen LogP) is 10.5. The number of aromatic nitrogens is 4. The molecule has 5 heteroatoms. The summed E-state index contributed by atoms with van der Waals surface area (Å²) in [6.07, 6.45) is 0. The molecule has 2 heterocycles. The third-order valence-electron chi connectivity index (χ3n) is 8.07. The highest BCUT2D eigenvalue weighted by Gasteiger charge is 2.16. The second-order valence-electron chi connectivity index (χ2n) is 11.0. The Balaban J connectivity index is 1.27. The van der Waals surface area contributed by atoms with E-state index in [4.69, 9.17) is 26.5 Å². The molecule has 8 aromatic rings. The molecule has 0 N–H and O–H groups in total. The van der Waals surface area contributed by atoms with E-state index in [0.29, 0.717) is 5.69 Å². The second-order valence-corrected chi connectivity index (χ2v) is 11.0. The monoisotopic (exact) mass is 587 g/mol. The Morgan fingerprint density at radius 3 is 1.02 bits per heavy atom. The molecule has 8 rings (SSSR count). The molecular formula is C41H25N5. The molecule has 0 aliphatic carbocycles.